The number of ether oxygens (including phenoxy) is 1. The van der Waals surface area contributed by atoms with Crippen molar-refractivity contribution in [1.82, 2.24) is 10.3 Å². The standard InChI is InChI=1S/C13H19FN2O/c1-3-13(8-11(15-2)6-7-17-13)12-5-4-10(14)9-16-12/h4-5,9,11,15H,3,6-8H2,1-2H3. The average Bonchev–Trinajstić information content (AvgIpc) is 2.39. The van der Waals surface area contributed by atoms with Gasteiger partial charge >= 0.3 is 0 Å². The minimum absolute atomic E-state index is 0.305. The van der Waals surface area contributed by atoms with Gasteiger partial charge in [0.25, 0.3) is 0 Å². The van der Waals surface area contributed by atoms with E-state index in [1.54, 1.807) is 6.07 Å². The van der Waals surface area contributed by atoms with Crippen molar-refractivity contribution in [3.8, 4) is 0 Å². The summed E-state index contributed by atoms with van der Waals surface area (Å²) in [5.41, 5.74) is 0.473. The zero-order valence-electron chi connectivity index (χ0n) is 10.4. The first kappa shape index (κ1) is 12.5. The maximum Gasteiger partial charge on any atom is 0.141 e. The van der Waals surface area contributed by atoms with Crippen LogP contribution in [0.5, 0.6) is 0 Å². The van der Waals surface area contributed by atoms with Crippen LogP contribution in [0.25, 0.3) is 0 Å². The van der Waals surface area contributed by atoms with E-state index in [1.165, 1.54) is 12.3 Å². The van der Waals surface area contributed by atoms with E-state index in [9.17, 15) is 4.39 Å². The SMILES string of the molecule is CCC1(c2ccc(F)cn2)CC(NC)CCO1. The third-order valence-electron chi connectivity index (χ3n) is 3.59. The minimum Gasteiger partial charge on any atom is -0.369 e. The Morgan fingerprint density at radius 1 is 1.59 bits per heavy atom. The van der Waals surface area contributed by atoms with Gasteiger partial charge in [-0.05, 0) is 38.4 Å². The second-order valence-electron chi connectivity index (χ2n) is 4.54. The summed E-state index contributed by atoms with van der Waals surface area (Å²) in [6.07, 6.45) is 4.01. The average molecular weight is 238 g/mol. The molecule has 1 N–H and O–H groups in total. The van der Waals surface area contributed by atoms with Crippen molar-refractivity contribution < 1.29 is 9.13 Å². The van der Waals surface area contributed by atoms with Gasteiger partial charge in [0.1, 0.15) is 11.4 Å². The van der Waals surface area contributed by atoms with Crippen LogP contribution in [-0.2, 0) is 10.3 Å². The Morgan fingerprint density at radius 2 is 2.41 bits per heavy atom. The molecule has 2 atom stereocenters. The van der Waals surface area contributed by atoms with Crippen molar-refractivity contribution in [1.29, 1.82) is 0 Å². The Balaban J connectivity index is 2.26. The largest absolute Gasteiger partial charge is 0.369 e. The molecule has 1 saturated heterocycles. The van der Waals surface area contributed by atoms with Crippen LogP contribution in [0.15, 0.2) is 18.3 Å². The van der Waals surface area contributed by atoms with Gasteiger partial charge in [0, 0.05) is 12.6 Å². The summed E-state index contributed by atoms with van der Waals surface area (Å²) in [6, 6.07) is 3.62. The van der Waals surface area contributed by atoms with E-state index in [2.05, 4.69) is 17.2 Å². The van der Waals surface area contributed by atoms with E-state index in [-0.39, 0.29) is 11.4 Å². The molecule has 3 nitrogen and oxygen atoms in total. The van der Waals surface area contributed by atoms with Crippen molar-refractivity contribution in [2.75, 3.05) is 13.7 Å². The molecule has 0 bridgehead atoms. The first-order valence-electron chi connectivity index (χ1n) is 6.13. The summed E-state index contributed by atoms with van der Waals surface area (Å²) >= 11 is 0. The Kier molecular flexibility index (Phi) is 3.74. The fourth-order valence-corrected chi connectivity index (χ4v) is 2.45. The van der Waals surface area contributed by atoms with Gasteiger partial charge in [-0.25, -0.2) is 4.39 Å². The van der Waals surface area contributed by atoms with Crippen LogP contribution in [0.2, 0.25) is 0 Å². The molecule has 1 aliphatic rings. The zero-order valence-corrected chi connectivity index (χ0v) is 10.4. The van der Waals surface area contributed by atoms with Crippen LogP contribution in [-0.4, -0.2) is 24.7 Å². The number of halogens is 1. The predicted octanol–water partition coefficient (Wildman–Crippen LogP) is 2.22. The first-order chi connectivity index (χ1) is 8.20. The lowest BCUT2D eigenvalue weighted by atomic mass is 9.85. The second kappa shape index (κ2) is 5.10. The highest BCUT2D eigenvalue weighted by Crippen LogP contribution is 2.36. The second-order valence-corrected chi connectivity index (χ2v) is 4.54. The highest BCUT2D eigenvalue weighted by molar-refractivity contribution is 5.15. The molecule has 0 aliphatic carbocycles. The molecular weight excluding hydrogens is 219 g/mol. The quantitative estimate of drug-likeness (QED) is 0.876. The van der Waals surface area contributed by atoms with Crippen LogP contribution < -0.4 is 5.32 Å². The van der Waals surface area contributed by atoms with Gasteiger partial charge in [-0.1, -0.05) is 6.92 Å². The molecule has 2 heterocycles. The summed E-state index contributed by atoms with van der Waals surface area (Å²) in [6.45, 7) is 2.81. The molecule has 0 amide bonds. The molecule has 0 spiro atoms. The molecule has 0 aromatic carbocycles. The molecule has 1 aromatic rings. The fraction of sp³-hybridized carbons (Fsp3) is 0.615. The van der Waals surface area contributed by atoms with E-state index >= 15 is 0 Å². The van der Waals surface area contributed by atoms with Gasteiger partial charge in [0.2, 0.25) is 0 Å². The summed E-state index contributed by atoms with van der Waals surface area (Å²) in [5, 5.41) is 3.29. The minimum atomic E-state index is -0.361. The highest BCUT2D eigenvalue weighted by Gasteiger charge is 2.38. The van der Waals surface area contributed by atoms with E-state index in [0.29, 0.717) is 6.04 Å². The molecular formula is C13H19FN2O. The number of hydrogen-bond acceptors (Lipinski definition) is 3. The number of nitrogens with one attached hydrogen (secondary N) is 1. The van der Waals surface area contributed by atoms with E-state index < -0.39 is 0 Å². The maximum absolute atomic E-state index is 12.9. The summed E-state index contributed by atoms with van der Waals surface area (Å²) in [7, 11) is 1.97. The van der Waals surface area contributed by atoms with E-state index in [1.807, 2.05) is 7.05 Å². The van der Waals surface area contributed by atoms with Gasteiger partial charge in [-0.2, -0.15) is 0 Å². The van der Waals surface area contributed by atoms with E-state index in [0.717, 1.165) is 31.6 Å². The van der Waals surface area contributed by atoms with Gasteiger partial charge in [0.15, 0.2) is 0 Å². The molecule has 1 aromatic heterocycles. The lowest BCUT2D eigenvalue weighted by Gasteiger charge is -2.40. The van der Waals surface area contributed by atoms with Crippen molar-refractivity contribution in [2.24, 2.45) is 0 Å². The molecule has 1 fully saturated rings. The molecule has 0 saturated carbocycles. The summed E-state index contributed by atoms with van der Waals surface area (Å²) in [4.78, 5) is 4.19. The Labute approximate surface area is 101 Å². The highest BCUT2D eigenvalue weighted by atomic mass is 19.1. The third-order valence-corrected chi connectivity index (χ3v) is 3.59. The van der Waals surface area contributed by atoms with Crippen molar-refractivity contribution in [3.05, 3.63) is 29.8 Å². The number of hydrogen-bond donors (Lipinski definition) is 1. The topological polar surface area (TPSA) is 34.2 Å². The van der Waals surface area contributed by atoms with Gasteiger partial charge in [-0.3, -0.25) is 4.98 Å². The van der Waals surface area contributed by atoms with Crippen LogP contribution in [0, 0.1) is 5.82 Å². The lowest BCUT2D eigenvalue weighted by molar-refractivity contribution is -0.0988. The molecule has 0 radical (unpaired) electrons. The molecule has 94 valence electrons. The third kappa shape index (κ3) is 2.48. The Hall–Kier alpha value is -1.00. The van der Waals surface area contributed by atoms with Gasteiger partial charge in [0.05, 0.1) is 11.9 Å². The van der Waals surface area contributed by atoms with Crippen molar-refractivity contribution in [2.45, 2.75) is 37.8 Å². The van der Waals surface area contributed by atoms with Crippen LogP contribution in [0.1, 0.15) is 31.9 Å². The Bertz CT molecular complexity index is 368. The molecule has 2 rings (SSSR count). The Morgan fingerprint density at radius 3 is 3.00 bits per heavy atom. The first-order valence-corrected chi connectivity index (χ1v) is 6.13. The predicted molar refractivity (Wildman–Crippen MR) is 64.2 cm³/mol. The van der Waals surface area contributed by atoms with Crippen LogP contribution in [0.4, 0.5) is 4.39 Å². The molecule has 4 heteroatoms. The molecule has 1 aliphatic heterocycles. The van der Waals surface area contributed by atoms with Crippen LogP contribution in [0.3, 0.4) is 0 Å². The van der Waals surface area contributed by atoms with Gasteiger partial charge in [-0.15, -0.1) is 0 Å². The number of nitrogens with zero attached hydrogens (tertiary/aromatic N) is 1. The smallest absolute Gasteiger partial charge is 0.141 e. The van der Waals surface area contributed by atoms with Gasteiger partial charge < -0.3 is 10.1 Å². The number of aromatic nitrogens is 1. The molecule has 2 unspecified atom stereocenters. The normalized spacial score (nSPS) is 29.2. The monoisotopic (exact) mass is 238 g/mol. The number of pyridine rings is 1. The molecule has 17 heavy (non-hydrogen) atoms. The zero-order chi connectivity index (χ0) is 12.3. The maximum atomic E-state index is 12.9. The number of rotatable bonds is 3. The van der Waals surface area contributed by atoms with Crippen LogP contribution >= 0.6 is 0 Å². The fourth-order valence-electron chi connectivity index (χ4n) is 2.45. The van der Waals surface area contributed by atoms with Crippen molar-refractivity contribution >= 4 is 0 Å². The van der Waals surface area contributed by atoms with Crippen molar-refractivity contribution in [3.63, 3.8) is 0 Å². The summed E-state index contributed by atoms with van der Waals surface area (Å²) < 4.78 is 18.9. The van der Waals surface area contributed by atoms with E-state index in [4.69, 9.17) is 4.74 Å². The lowest BCUT2D eigenvalue weighted by Crippen LogP contribution is -2.44. The summed E-state index contributed by atoms with van der Waals surface area (Å²) in [5.74, 6) is -0.305.